The number of nitrogen functional groups attached to an aromatic ring is 1. The van der Waals surface area contributed by atoms with Crippen molar-refractivity contribution in [1.82, 2.24) is 15.0 Å². The first kappa shape index (κ1) is 17.9. The molecule has 124 valence electrons. The summed E-state index contributed by atoms with van der Waals surface area (Å²) in [5.41, 5.74) is 9.02. The second-order valence-corrected chi connectivity index (χ2v) is 6.54. The summed E-state index contributed by atoms with van der Waals surface area (Å²) < 4.78 is 2.06. The molecule has 1 aromatic carbocycles. The standard InChI is InChI=1S/C16H25BN4OS/c1-4-14-16(23-13-8-6-7-12(18)11-13)15(5-2)21(20-14)10-9-19-17(3)22/h6-8,11,19,22H,4-5,9-10,18H2,1-3H3. The number of aryl methyl sites for hydroxylation is 1. The summed E-state index contributed by atoms with van der Waals surface area (Å²) >= 11 is 1.73. The molecule has 23 heavy (non-hydrogen) atoms. The van der Waals surface area contributed by atoms with Crippen LogP contribution in [0.1, 0.15) is 25.2 Å². The zero-order valence-corrected chi connectivity index (χ0v) is 14.9. The summed E-state index contributed by atoms with van der Waals surface area (Å²) in [7, 11) is -0.498. The minimum absolute atomic E-state index is 0.498. The molecule has 5 nitrogen and oxygen atoms in total. The Kier molecular flexibility index (Phi) is 6.56. The van der Waals surface area contributed by atoms with E-state index in [9.17, 15) is 5.02 Å². The number of anilines is 1. The maximum Gasteiger partial charge on any atom is 0.373 e. The van der Waals surface area contributed by atoms with Crippen molar-refractivity contribution in [3.63, 3.8) is 0 Å². The van der Waals surface area contributed by atoms with Gasteiger partial charge in [-0.15, -0.1) is 0 Å². The molecule has 2 rings (SSSR count). The first-order valence-electron chi connectivity index (χ1n) is 8.08. The van der Waals surface area contributed by atoms with E-state index in [-0.39, 0.29) is 0 Å². The van der Waals surface area contributed by atoms with Gasteiger partial charge in [0, 0.05) is 17.1 Å². The molecular formula is C16H25BN4OS. The van der Waals surface area contributed by atoms with E-state index in [1.54, 1.807) is 18.6 Å². The van der Waals surface area contributed by atoms with Crippen molar-refractivity contribution in [3.05, 3.63) is 35.7 Å². The summed E-state index contributed by atoms with van der Waals surface area (Å²) in [5.74, 6) is 0. The average molecular weight is 332 g/mol. The monoisotopic (exact) mass is 332 g/mol. The van der Waals surface area contributed by atoms with Gasteiger partial charge < -0.3 is 16.0 Å². The van der Waals surface area contributed by atoms with Gasteiger partial charge in [0.05, 0.1) is 22.8 Å². The number of nitrogens with two attached hydrogens (primary N) is 1. The molecule has 1 heterocycles. The van der Waals surface area contributed by atoms with E-state index in [4.69, 9.17) is 10.8 Å². The molecule has 0 aliphatic carbocycles. The number of hydrogen-bond acceptors (Lipinski definition) is 5. The van der Waals surface area contributed by atoms with Gasteiger partial charge in [-0.3, -0.25) is 4.68 Å². The van der Waals surface area contributed by atoms with Crippen LogP contribution >= 0.6 is 11.8 Å². The molecule has 7 heteroatoms. The summed E-state index contributed by atoms with van der Waals surface area (Å²) in [6.45, 7) is 7.45. The topological polar surface area (TPSA) is 76.1 Å². The molecule has 0 radical (unpaired) electrons. The summed E-state index contributed by atoms with van der Waals surface area (Å²) in [5, 5.41) is 17.1. The fourth-order valence-corrected chi connectivity index (χ4v) is 3.74. The number of aromatic nitrogens is 2. The molecule has 1 aromatic heterocycles. The Morgan fingerprint density at radius 2 is 2.13 bits per heavy atom. The van der Waals surface area contributed by atoms with Crippen molar-refractivity contribution in [3.8, 4) is 0 Å². The molecule has 0 saturated carbocycles. The lowest BCUT2D eigenvalue weighted by molar-refractivity contribution is 0.525. The van der Waals surface area contributed by atoms with Gasteiger partial charge in [-0.05, 0) is 37.9 Å². The van der Waals surface area contributed by atoms with E-state index in [2.05, 4.69) is 29.8 Å². The Labute approximate surface area is 142 Å². The highest BCUT2D eigenvalue weighted by molar-refractivity contribution is 7.99. The largest absolute Gasteiger partial charge is 0.437 e. The highest BCUT2D eigenvalue weighted by atomic mass is 32.2. The van der Waals surface area contributed by atoms with Crippen molar-refractivity contribution in [2.75, 3.05) is 12.3 Å². The first-order valence-corrected chi connectivity index (χ1v) is 8.90. The summed E-state index contributed by atoms with van der Waals surface area (Å²) in [6, 6.07) is 7.95. The second kappa shape index (κ2) is 8.43. The van der Waals surface area contributed by atoms with Crippen LogP contribution in [-0.4, -0.2) is 28.4 Å². The second-order valence-electron chi connectivity index (χ2n) is 5.46. The van der Waals surface area contributed by atoms with Crippen LogP contribution in [0, 0.1) is 0 Å². The van der Waals surface area contributed by atoms with Crippen LogP contribution in [0.5, 0.6) is 0 Å². The first-order chi connectivity index (χ1) is 11.0. The van der Waals surface area contributed by atoms with Crippen molar-refractivity contribution >= 4 is 24.5 Å². The van der Waals surface area contributed by atoms with Gasteiger partial charge in [-0.1, -0.05) is 31.7 Å². The lowest BCUT2D eigenvalue weighted by Crippen LogP contribution is -2.33. The summed E-state index contributed by atoms with van der Waals surface area (Å²) in [4.78, 5) is 2.37. The van der Waals surface area contributed by atoms with Crippen molar-refractivity contribution in [2.45, 2.75) is 49.8 Å². The molecule has 0 aliphatic heterocycles. The van der Waals surface area contributed by atoms with Crippen molar-refractivity contribution in [1.29, 1.82) is 0 Å². The van der Waals surface area contributed by atoms with Crippen LogP contribution < -0.4 is 11.0 Å². The van der Waals surface area contributed by atoms with Crippen LogP contribution in [0.3, 0.4) is 0 Å². The molecule has 0 spiro atoms. The van der Waals surface area contributed by atoms with Crippen LogP contribution in [-0.2, 0) is 19.4 Å². The van der Waals surface area contributed by atoms with E-state index in [1.807, 2.05) is 18.2 Å². The number of rotatable bonds is 8. The van der Waals surface area contributed by atoms with E-state index >= 15 is 0 Å². The molecule has 0 bridgehead atoms. The Bertz CT molecular complexity index is 645. The quantitative estimate of drug-likeness (QED) is 0.511. The van der Waals surface area contributed by atoms with Gasteiger partial charge in [0.25, 0.3) is 0 Å². The molecule has 0 fully saturated rings. The van der Waals surface area contributed by atoms with Gasteiger partial charge in [0.2, 0.25) is 0 Å². The molecule has 0 amide bonds. The molecule has 0 unspecified atom stereocenters. The number of benzene rings is 1. The smallest absolute Gasteiger partial charge is 0.373 e. The normalized spacial score (nSPS) is 11.0. The number of nitrogens with zero attached hydrogens (tertiary/aromatic N) is 2. The molecular weight excluding hydrogens is 307 g/mol. The zero-order chi connectivity index (χ0) is 16.8. The lowest BCUT2D eigenvalue weighted by Gasteiger charge is -2.09. The molecule has 4 N–H and O–H groups in total. The van der Waals surface area contributed by atoms with Gasteiger partial charge in [0.1, 0.15) is 0 Å². The van der Waals surface area contributed by atoms with Crippen LogP contribution in [0.15, 0.2) is 34.1 Å². The maximum atomic E-state index is 9.33. The van der Waals surface area contributed by atoms with E-state index < -0.39 is 7.05 Å². The Balaban J connectivity index is 2.24. The van der Waals surface area contributed by atoms with Crippen molar-refractivity contribution < 1.29 is 5.02 Å². The number of hydrogen-bond donors (Lipinski definition) is 3. The Hall–Kier alpha value is -1.44. The van der Waals surface area contributed by atoms with Gasteiger partial charge >= 0.3 is 7.05 Å². The Morgan fingerprint density at radius 1 is 1.35 bits per heavy atom. The molecule has 0 saturated heterocycles. The third kappa shape index (κ3) is 4.77. The highest BCUT2D eigenvalue weighted by Crippen LogP contribution is 2.34. The van der Waals surface area contributed by atoms with Gasteiger partial charge in [-0.25, -0.2) is 0 Å². The molecule has 0 atom stereocenters. The molecule has 0 aliphatic rings. The lowest BCUT2D eigenvalue weighted by atomic mass is 9.89. The predicted octanol–water partition coefficient (Wildman–Crippen LogP) is 2.44. The van der Waals surface area contributed by atoms with Gasteiger partial charge in [-0.2, -0.15) is 5.10 Å². The molecule has 2 aromatic rings. The Morgan fingerprint density at radius 3 is 2.74 bits per heavy atom. The van der Waals surface area contributed by atoms with Crippen LogP contribution in [0.2, 0.25) is 6.82 Å². The third-order valence-corrected chi connectivity index (χ3v) is 4.75. The number of nitrogens with one attached hydrogen (secondary N) is 1. The zero-order valence-electron chi connectivity index (χ0n) is 14.0. The van der Waals surface area contributed by atoms with E-state index in [0.29, 0.717) is 6.54 Å². The van der Waals surface area contributed by atoms with Gasteiger partial charge in [0.15, 0.2) is 0 Å². The minimum atomic E-state index is -0.498. The highest BCUT2D eigenvalue weighted by Gasteiger charge is 2.17. The predicted molar refractivity (Wildman–Crippen MR) is 97.8 cm³/mol. The third-order valence-electron chi connectivity index (χ3n) is 3.59. The average Bonchev–Trinajstić information content (AvgIpc) is 2.83. The fraction of sp³-hybridized carbons (Fsp3) is 0.438. The van der Waals surface area contributed by atoms with Crippen LogP contribution in [0.25, 0.3) is 0 Å². The maximum absolute atomic E-state index is 9.33. The van der Waals surface area contributed by atoms with E-state index in [1.165, 1.54) is 10.6 Å². The SMILES string of the molecule is CCc1nn(CCNB(C)O)c(CC)c1Sc1cccc(N)c1. The minimum Gasteiger partial charge on any atom is -0.437 e. The van der Waals surface area contributed by atoms with E-state index in [0.717, 1.165) is 35.7 Å². The van der Waals surface area contributed by atoms with Crippen molar-refractivity contribution in [2.24, 2.45) is 0 Å². The van der Waals surface area contributed by atoms with Crippen LogP contribution in [0.4, 0.5) is 5.69 Å². The summed E-state index contributed by atoms with van der Waals surface area (Å²) in [6.07, 6.45) is 1.82. The fourth-order valence-electron chi connectivity index (χ4n) is 2.49.